The molecule has 0 saturated heterocycles. The maximum absolute atomic E-state index is 11.0. The van der Waals surface area contributed by atoms with E-state index in [-0.39, 0.29) is 24.8 Å². The average molecular weight is 438 g/mol. The molecule has 0 fully saturated rings. The molecule has 0 amide bonds. The van der Waals surface area contributed by atoms with Gasteiger partial charge in [-0.05, 0) is 0 Å². The van der Waals surface area contributed by atoms with Gasteiger partial charge in [0, 0.05) is 0 Å². The first-order chi connectivity index (χ1) is 13.3. The third-order valence-electron chi connectivity index (χ3n) is 5.29. The number of hydrogen-bond donors (Lipinski definition) is 0. The van der Waals surface area contributed by atoms with Gasteiger partial charge in [-0.1, -0.05) is 0 Å². The van der Waals surface area contributed by atoms with Crippen molar-refractivity contribution in [1.29, 1.82) is 5.26 Å². The summed E-state index contributed by atoms with van der Waals surface area (Å²) in [6, 6.07) is 41.1. The second kappa shape index (κ2) is 9.25. The average Bonchev–Trinajstić information content (AvgIpc) is 2.78. The van der Waals surface area contributed by atoms with Crippen LogP contribution in [-0.2, 0) is 0 Å². The van der Waals surface area contributed by atoms with E-state index >= 15 is 0 Å². The van der Waals surface area contributed by atoms with Crippen molar-refractivity contribution in [3.63, 3.8) is 0 Å². The number of rotatable bonds is 4. The molecule has 0 spiro atoms. The molecule has 0 bridgehead atoms. The van der Waals surface area contributed by atoms with Gasteiger partial charge in [0.15, 0.2) is 0 Å². The summed E-state index contributed by atoms with van der Waals surface area (Å²) < 4.78 is 0. The molecule has 4 heteroatoms. The van der Waals surface area contributed by atoms with Gasteiger partial charge in [0.2, 0.25) is 0 Å². The summed E-state index contributed by atoms with van der Waals surface area (Å²) in [6.07, 6.45) is 0. The Morgan fingerprint density at radius 3 is 0.793 bits per heavy atom. The van der Waals surface area contributed by atoms with E-state index in [1.807, 2.05) is 72.8 Å². The van der Waals surface area contributed by atoms with Crippen LogP contribution in [0.5, 0.6) is 0 Å². The summed E-state index contributed by atoms with van der Waals surface area (Å²) in [5.41, 5.74) is 0. The van der Waals surface area contributed by atoms with Gasteiger partial charge in [0.25, 0.3) is 0 Å². The molecule has 29 heavy (non-hydrogen) atoms. The van der Waals surface area contributed by atoms with Crippen LogP contribution in [0, 0.1) is 11.1 Å². The van der Waals surface area contributed by atoms with Gasteiger partial charge in [-0.25, -0.2) is 0 Å². The molecule has 4 aromatic carbocycles. The Morgan fingerprint density at radius 1 is 0.414 bits per heavy atom. The van der Waals surface area contributed by atoms with Crippen molar-refractivity contribution in [2.75, 3.05) is 0 Å². The summed E-state index contributed by atoms with van der Waals surface area (Å²) >= 11 is 0. The second-order valence-corrected chi connectivity index (χ2v) is 11.1. The molecule has 0 unspecified atom stereocenters. The van der Waals surface area contributed by atoms with Crippen LogP contribution in [-0.4, -0.2) is 0 Å². The van der Waals surface area contributed by atoms with E-state index in [0.717, 1.165) is 21.2 Å². The van der Waals surface area contributed by atoms with Gasteiger partial charge < -0.3 is 0 Å². The van der Waals surface area contributed by atoms with Gasteiger partial charge in [-0.3, -0.25) is 0 Å². The Bertz CT molecular complexity index is 910. The standard InChI is InChI=1S/C25H20NP.2ClH/c26-21-27(22-13-5-1-6-14-22,23-15-7-2-8-16-23,24-17-9-3-10-18-24)25-19-11-4-12-20-25;;/h1-20H;2*1H. The van der Waals surface area contributed by atoms with E-state index in [4.69, 9.17) is 0 Å². The summed E-state index contributed by atoms with van der Waals surface area (Å²) in [4.78, 5) is 0. The number of benzene rings is 4. The summed E-state index contributed by atoms with van der Waals surface area (Å²) in [5, 5.41) is 15.3. The fourth-order valence-corrected chi connectivity index (χ4v) is 9.35. The minimum atomic E-state index is -3.54. The first-order valence-corrected chi connectivity index (χ1v) is 11.2. The number of nitrogens with zero attached hydrogens (tertiary/aromatic N) is 1. The molecule has 0 heterocycles. The van der Waals surface area contributed by atoms with Crippen LogP contribution in [0.4, 0.5) is 0 Å². The van der Waals surface area contributed by atoms with E-state index in [9.17, 15) is 5.26 Å². The van der Waals surface area contributed by atoms with Gasteiger partial charge in [-0.15, -0.1) is 24.8 Å². The predicted molar refractivity (Wildman–Crippen MR) is 131 cm³/mol. The number of halogens is 2. The normalized spacial score (nSPS) is 11.6. The van der Waals surface area contributed by atoms with Crippen molar-refractivity contribution >= 4 is 52.6 Å². The van der Waals surface area contributed by atoms with Crippen LogP contribution in [0.2, 0.25) is 0 Å². The zero-order chi connectivity index (χ0) is 18.6. The third kappa shape index (κ3) is 3.25. The molecule has 4 rings (SSSR count). The van der Waals surface area contributed by atoms with Crippen LogP contribution in [0.1, 0.15) is 0 Å². The first-order valence-electron chi connectivity index (χ1n) is 8.98. The van der Waals surface area contributed by atoms with Gasteiger partial charge in [0.05, 0.1) is 0 Å². The molecule has 1 nitrogen and oxygen atoms in total. The van der Waals surface area contributed by atoms with Crippen LogP contribution in [0.3, 0.4) is 0 Å². The molecule has 0 atom stereocenters. The Labute approximate surface area is 184 Å². The van der Waals surface area contributed by atoms with Crippen molar-refractivity contribution in [3.8, 4) is 5.81 Å². The van der Waals surface area contributed by atoms with Gasteiger partial charge in [-0.2, -0.15) is 0 Å². The topological polar surface area (TPSA) is 23.8 Å². The monoisotopic (exact) mass is 437 g/mol. The van der Waals surface area contributed by atoms with Crippen LogP contribution in [0.25, 0.3) is 0 Å². The zero-order valence-electron chi connectivity index (χ0n) is 15.8. The van der Waals surface area contributed by atoms with Gasteiger partial charge >= 0.3 is 160 Å². The molecule has 0 aliphatic carbocycles. The van der Waals surface area contributed by atoms with Gasteiger partial charge in [0.1, 0.15) is 0 Å². The predicted octanol–water partition coefficient (Wildman–Crippen LogP) is 5.17. The van der Waals surface area contributed by atoms with Crippen molar-refractivity contribution in [2.45, 2.75) is 0 Å². The summed E-state index contributed by atoms with van der Waals surface area (Å²) in [5.74, 6) is 2.92. The molecule has 0 radical (unpaired) electrons. The van der Waals surface area contributed by atoms with Crippen molar-refractivity contribution in [2.24, 2.45) is 0 Å². The van der Waals surface area contributed by atoms with Crippen molar-refractivity contribution in [1.82, 2.24) is 0 Å². The van der Waals surface area contributed by atoms with E-state index in [0.29, 0.717) is 0 Å². The summed E-state index contributed by atoms with van der Waals surface area (Å²) in [6.45, 7) is -3.54. The molecule has 0 saturated carbocycles. The minimum absolute atomic E-state index is 0. The first kappa shape index (κ1) is 22.7. The molecule has 4 aromatic rings. The molecular weight excluding hydrogens is 416 g/mol. The SMILES string of the molecule is Cl.Cl.N#CP(c1ccccc1)(c1ccccc1)(c1ccccc1)c1ccccc1. The molecule has 0 aliphatic rings. The van der Waals surface area contributed by atoms with Crippen molar-refractivity contribution in [3.05, 3.63) is 121 Å². The van der Waals surface area contributed by atoms with E-state index in [1.54, 1.807) is 0 Å². The second-order valence-electron chi connectivity index (χ2n) is 6.56. The molecular formula is C25H22Cl2NP. The number of nitriles is 1. The van der Waals surface area contributed by atoms with E-state index in [1.165, 1.54) is 0 Å². The molecule has 0 aliphatic heterocycles. The Balaban J connectivity index is 0.00000150. The Hall–Kier alpha value is -2.62. The van der Waals surface area contributed by atoms with Crippen LogP contribution < -0.4 is 21.2 Å². The Kier molecular flexibility index (Phi) is 7.23. The van der Waals surface area contributed by atoms with E-state index < -0.39 is 6.60 Å². The Morgan fingerprint density at radius 2 is 0.621 bits per heavy atom. The van der Waals surface area contributed by atoms with Crippen LogP contribution >= 0.6 is 31.4 Å². The maximum atomic E-state index is 11.0. The molecule has 0 N–H and O–H groups in total. The zero-order valence-corrected chi connectivity index (χ0v) is 18.3. The van der Waals surface area contributed by atoms with Crippen LogP contribution in [0.15, 0.2) is 121 Å². The fourth-order valence-electron chi connectivity index (χ4n) is 4.03. The quantitative estimate of drug-likeness (QED) is 0.404. The molecule has 0 aromatic heterocycles. The third-order valence-corrected chi connectivity index (χ3v) is 11.0. The fraction of sp³-hybridized carbons (Fsp3) is 0. The van der Waals surface area contributed by atoms with E-state index in [2.05, 4.69) is 54.3 Å². The van der Waals surface area contributed by atoms with Crippen molar-refractivity contribution < 1.29 is 0 Å². The summed E-state index contributed by atoms with van der Waals surface area (Å²) in [7, 11) is 0. The molecule has 146 valence electrons. The number of hydrogen-bond acceptors (Lipinski definition) is 1.